The summed E-state index contributed by atoms with van der Waals surface area (Å²) in [5.74, 6) is -0.0818. The fourth-order valence-electron chi connectivity index (χ4n) is 2.16. The lowest BCUT2D eigenvalue weighted by Crippen LogP contribution is -2.51. The molecule has 20 heavy (non-hydrogen) atoms. The predicted molar refractivity (Wildman–Crippen MR) is 77.9 cm³/mol. The van der Waals surface area contributed by atoms with Gasteiger partial charge in [0.15, 0.2) is 0 Å². The second kappa shape index (κ2) is 6.54. The first-order valence-electron chi connectivity index (χ1n) is 6.67. The normalized spacial score (nSPS) is 23.2. The van der Waals surface area contributed by atoms with Gasteiger partial charge in [0.25, 0.3) is 0 Å². The van der Waals surface area contributed by atoms with Gasteiger partial charge in [-0.15, -0.1) is 0 Å². The summed E-state index contributed by atoms with van der Waals surface area (Å²) >= 11 is 0. The lowest BCUT2D eigenvalue weighted by atomic mass is 10.1. The molecule has 1 aliphatic heterocycles. The number of rotatable bonds is 3. The smallest absolute Gasteiger partial charge is 0.246 e. The summed E-state index contributed by atoms with van der Waals surface area (Å²) in [5, 5.41) is 9.12. The van der Waals surface area contributed by atoms with Gasteiger partial charge < -0.3 is 20.5 Å². The Bertz CT molecular complexity index is 502. The highest BCUT2D eigenvalue weighted by Crippen LogP contribution is 2.13. The van der Waals surface area contributed by atoms with E-state index in [1.165, 1.54) is 6.08 Å². The van der Waals surface area contributed by atoms with Crippen molar-refractivity contribution >= 4 is 17.7 Å². The van der Waals surface area contributed by atoms with Crippen LogP contribution >= 0.6 is 0 Å². The highest BCUT2D eigenvalue weighted by atomic mass is 16.5. The summed E-state index contributed by atoms with van der Waals surface area (Å²) in [5.41, 5.74) is 7.25. The SMILES string of the molecule is CC1COC(CO)CN1C(=O)/C=C/c1cccc(N)c1. The predicted octanol–water partition coefficient (Wildman–Crippen LogP) is 0.890. The minimum absolute atomic E-state index is 0.00999. The molecule has 1 fully saturated rings. The van der Waals surface area contributed by atoms with Gasteiger partial charge in [0.05, 0.1) is 25.4 Å². The molecular weight excluding hydrogens is 256 g/mol. The Morgan fingerprint density at radius 2 is 2.40 bits per heavy atom. The molecule has 1 aromatic rings. The molecule has 108 valence electrons. The molecule has 3 N–H and O–H groups in total. The van der Waals surface area contributed by atoms with Gasteiger partial charge in [0, 0.05) is 18.3 Å². The molecule has 1 aromatic carbocycles. The number of morpholine rings is 1. The molecule has 0 bridgehead atoms. The van der Waals surface area contributed by atoms with Crippen molar-refractivity contribution in [3.63, 3.8) is 0 Å². The van der Waals surface area contributed by atoms with Gasteiger partial charge in [-0.2, -0.15) is 0 Å². The first-order chi connectivity index (χ1) is 9.60. The lowest BCUT2D eigenvalue weighted by Gasteiger charge is -2.36. The number of nitrogens with two attached hydrogens (primary N) is 1. The van der Waals surface area contributed by atoms with E-state index in [-0.39, 0.29) is 24.7 Å². The van der Waals surface area contributed by atoms with Gasteiger partial charge in [-0.25, -0.2) is 0 Å². The molecule has 1 heterocycles. The molecule has 2 unspecified atom stereocenters. The largest absolute Gasteiger partial charge is 0.399 e. The van der Waals surface area contributed by atoms with Crippen molar-refractivity contribution in [2.75, 3.05) is 25.5 Å². The van der Waals surface area contributed by atoms with Crippen molar-refractivity contribution in [2.45, 2.75) is 19.1 Å². The van der Waals surface area contributed by atoms with E-state index in [9.17, 15) is 4.79 Å². The van der Waals surface area contributed by atoms with Crippen molar-refractivity contribution in [3.8, 4) is 0 Å². The third-order valence-corrected chi connectivity index (χ3v) is 3.32. The molecule has 0 spiro atoms. The quantitative estimate of drug-likeness (QED) is 0.635. The number of aliphatic hydroxyl groups is 1. The van der Waals surface area contributed by atoms with Gasteiger partial charge in [0.2, 0.25) is 5.91 Å². The van der Waals surface area contributed by atoms with Gasteiger partial charge in [-0.3, -0.25) is 4.79 Å². The van der Waals surface area contributed by atoms with Gasteiger partial charge in [-0.05, 0) is 30.7 Å². The lowest BCUT2D eigenvalue weighted by molar-refractivity contribution is -0.140. The van der Waals surface area contributed by atoms with Crippen LogP contribution in [0.5, 0.6) is 0 Å². The molecule has 5 nitrogen and oxygen atoms in total. The standard InChI is InChI=1S/C15H20N2O3/c1-11-10-20-14(9-18)8-17(11)15(19)6-5-12-3-2-4-13(16)7-12/h2-7,11,14,18H,8-10,16H2,1H3/b6-5+. The Balaban J connectivity index is 2.03. The summed E-state index contributed by atoms with van der Waals surface area (Å²) < 4.78 is 5.41. The van der Waals surface area contributed by atoms with Crippen molar-refractivity contribution in [1.29, 1.82) is 0 Å². The van der Waals surface area contributed by atoms with Gasteiger partial charge in [0.1, 0.15) is 0 Å². The molecule has 5 heteroatoms. The van der Waals surface area contributed by atoms with Crippen LogP contribution < -0.4 is 5.73 Å². The molecule has 1 saturated heterocycles. The maximum Gasteiger partial charge on any atom is 0.246 e. The first-order valence-corrected chi connectivity index (χ1v) is 6.67. The summed E-state index contributed by atoms with van der Waals surface area (Å²) in [6.07, 6.45) is 2.98. The second-order valence-corrected chi connectivity index (χ2v) is 4.98. The number of hydrogen-bond acceptors (Lipinski definition) is 4. The maximum atomic E-state index is 12.2. The Labute approximate surface area is 118 Å². The fourth-order valence-corrected chi connectivity index (χ4v) is 2.16. The molecule has 0 aliphatic carbocycles. The Morgan fingerprint density at radius 1 is 1.60 bits per heavy atom. The summed E-state index contributed by atoms with van der Waals surface area (Å²) in [6.45, 7) is 2.72. The molecule has 0 aromatic heterocycles. The average Bonchev–Trinajstić information content (AvgIpc) is 2.45. The summed E-state index contributed by atoms with van der Waals surface area (Å²) in [6, 6.07) is 7.35. The van der Waals surface area contributed by atoms with Crippen LogP contribution in [0, 0.1) is 0 Å². The number of amides is 1. The van der Waals surface area contributed by atoms with E-state index in [1.807, 2.05) is 25.1 Å². The zero-order chi connectivity index (χ0) is 14.5. The molecule has 0 saturated carbocycles. The first kappa shape index (κ1) is 14.6. The van der Waals surface area contributed by atoms with Crippen molar-refractivity contribution < 1.29 is 14.6 Å². The van der Waals surface area contributed by atoms with E-state index >= 15 is 0 Å². The third kappa shape index (κ3) is 3.59. The number of hydrogen-bond donors (Lipinski definition) is 2. The van der Waals surface area contributed by atoms with E-state index in [2.05, 4.69) is 0 Å². The number of aliphatic hydroxyl groups excluding tert-OH is 1. The van der Waals surface area contributed by atoms with Gasteiger partial charge >= 0.3 is 0 Å². The van der Waals surface area contributed by atoms with Crippen molar-refractivity contribution in [3.05, 3.63) is 35.9 Å². The van der Waals surface area contributed by atoms with E-state index in [4.69, 9.17) is 15.6 Å². The number of benzene rings is 1. The van der Waals surface area contributed by atoms with Crippen LogP contribution in [0.4, 0.5) is 5.69 Å². The van der Waals surface area contributed by atoms with Crippen LogP contribution in [-0.4, -0.2) is 47.8 Å². The van der Waals surface area contributed by atoms with Gasteiger partial charge in [-0.1, -0.05) is 12.1 Å². The highest BCUT2D eigenvalue weighted by Gasteiger charge is 2.27. The second-order valence-electron chi connectivity index (χ2n) is 4.98. The monoisotopic (exact) mass is 276 g/mol. The fraction of sp³-hybridized carbons (Fsp3) is 0.400. The van der Waals surface area contributed by atoms with Crippen LogP contribution in [-0.2, 0) is 9.53 Å². The van der Waals surface area contributed by atoms with E-state index in [0.29, 0.717) is 18.8 Å². The zero-order valence-electron chi connectivity index (χ0n) is 11.5. The molecule has 2 rings (SSSR count). The van der Waals surface area contributed by atoms with Crippen LogP contribution in [0.15, 0.2) is 30.3 Å². The molecule has 2 atom stereocenters. The number of anilines is 1. The van der Waals surface area contributed by atoms with Crippen LogP contribution in [0.1, 0.15) is 12.5 Å². The number of ether oxygens (including phenoxy) is 1. The topological polar surface area (TPSA) is 75.8 Å². The molecule has 1 amide bonds. The number of nitrogen functional groups attached to an aromatic ring is 1. The minimum atomic E-state index is -0.295. The highest BCUT2D eigenvalue weighted by molar-refractivity contribution is 5.92. The summed E-state index contributed by atoms with van der Waals surface area (Å²) in [4.78, 5) is 13.9. The van der Waals surface area contributed by atoms with E-state index < -0.39 is 0 Å². The van der Waals surface area contributed by atoms with Crippen molar-refractivity contribution in [1.82, 2.24) is 4.90 Å². The van der Waals surface area contributed by atoms with E-state index in [1.54, 1.807) is 17.0 Å². The third-order valence-electron chi connectivity index (χ3n) is 3.32. The number of carbonyl (C=O) groups excluding carboxylic acids is 1. The number of carbonyl (C=O) groups is 1. The average molecular weight is 276 g/mol. The van der Waals surface area contributed by atoms with Crippen LogP contribution in [0.2, 0.25) is 0 Å². The molecule has 0 radical (unpaired) electrons. The zero-order valence-corrected chi connectivity index (χ0v) is 11.5. The Morgan fingerprint density at radius 3 is 3.10 bits per heavy atom. The molecular formula is C15H20N2O3. The Hall–Kier alpha value is -1.85. The maximum absolute atomic E-state index is 12.2. The minimum Gasteiger partial charge on any atom is -0.399 e. The van der Waals surface area contributed by atoms with Crippen LogP contribution in [0.25, 0.3) is 6.08 Å². The molecule has 1 aliphatic rings. The number of nitrogens with zero attached hydrogens (tertiary/aromatic N) is 1. The Kier molecular flexibility index (Phi) is 4.76. The van der Waals surface area contributed by atoms with Crippen LogP contribution in [0.3, 0.4) is 0 Å². The van der Waals surface area contributed by atoms with E-state index in [0.717, 1.165) is 5.56 Å². The summed E-state index contributed by atoms with van der Waals surface area (Å²) in [7, 11) is 0. The van der Waals surface area contributed by atoms with Crippen molar-refractivity contribution in [2.24, 2.45) is 0 Å².